The fourth-order valence-electron chi connectivity index (χ4n) is 3.25. The van der Waals surface area contributed by atoms with Gasteiger partial charge in [-0.25, -0.2) is 0 Å². The maximum Gasteiger partial charge on any atom is 0.241 e. The number of anilines is 2. The highest BCUT2D eigenvalue weighted by atomic mass is 35.5. The molecule has 7 heteroatoms. The first-order valence-corrected chi connectivity index (χ1v) is 10.7. The second kappa shape index (κ2) is 10.4. The minimum Gasteiger partial charge on any atom is -0.369 e. The number of halogens is 1. The van der Waals surface area contributed by atoms with Gasteiger partial charge in [-0.2, -0.15) is 11.8 Å². The van der Waals surface area contributed by atoms with Gasteiger partial charge in [0.1, 0.15) is 0 Å². The Labute approximate surface area is 167 Å². The molecule has 2 fully saturated rings. The van der Waals surface area contributed by atoms with Crippen LogP contribution in [-0.4, -0.2) is 61.6 Å². The van der Waals surface area contributed by atoms with Crippen molar-refractivity contribution in [3.63, 3.8) is 0 Å². The predicted molar refractivity (Wildman–Crippen MR) is 115 cm³/mol. The summed E-state index contributed by atoms with van der Waals surface area (Å²) < 4.78 is 0. The Morgan fingerprint density at radius 3 is 2.69 bits per heavy atom. The number of piperazine rings is 1. The van der Waals surface area contributed by atoms with Gasteiger partial charge in [-0.05, 0) is 55.4 Å². The molecule has 26 heavy (non-hydrogen) atoms. The quantitative estimate of drug-likeness (QED) is 0.704. The predicted octanol–water partition coefficient (Wildman–Crippen LogP) is 2.66. The Balaban J connectivity index is 0.00000243. The van der Waals surface area contributed by atoms with E-state index in [9.17, 15) is 4.79 Å². The molecule has 0 unspecified atom stereocenters. The van der Waals surface area contributed by atoms with Crippen LogP contribution in [0.2, 0.25) is 0 Å². The minimum absolute atomic E-state index is 0. The Morgan fingerprint density at radius 1 is 1.31 bits per heavy atom. The number of carbonyl (C=O) groups excluding carboxylic acids is 1. The van der Waals surface area contributed by atoms with Crippen molar-refractivity contribution in [2.45, 2.75) is 25.3 Å². The molecule has 2 aliphatic rings. The molecule has 0 spiro atoms. The van der Waals surface area contributed by atoms with Gasteiger partial charge in [0.2, 0.25) is 5.91 Å². The summed E-state index contributed by atoms with van der Waals surface area (Å²) in [5, 5.41) is 2.96. The Morgan fingerprint density at radius 2 is 2.04 bits per heavy atom. The number of rotatable bonds is 8. The maximum atomic E-state index is 12.2. The Kier molecular flexibility index (Phi) is 8.54. The molecular weight excluding hydrogens is 368 g/mol. The number of hydrogen-bond donors (Lipinski definition) is 2. The molecule has 1 amide bonds. The van der Waals surface area contributed by atoms with Crippen molar-refractivity contribution in [1.82, 2.24) is 4.90 Å². The number of amides is 1. The zero-order chi connectivity index (χ0) is 17.6. The van der Waals surface area contributed by atoms with E-state index in [4.69, 9.17) is 5.73 Å². The summed E-state index contributed by atoms with van der Waals surface area (Å²) in [6, 6.07) is 7.69. The first-order chi connectivity index (χ1) is 12.2. The van der Waals surface area contributed by atoms with E-state index in [-0.39, 0.29) is 18.3 Å². The fourth-order valence-corrected chi connectivity index (χ4v) is 3.74. The number of nitrogens with two attached hydrogens (primary N) is 1. The normalized spacial score (nSPS) is 18.9. The van der Waals surface area contributed by atoms with Gasteiger partial charge in [0.15, 0.2) is 0 Å². The lowest BCUT2D eigenvalue weighted by atomic mass is 10.2. The van der Waals surface area contributed by atoms with Crippen LogP contribution in [0.15, 0.2) is 24.3 Å². The molecular formula is C19H31ClN4OS. The lowest BCUT2D eigenvalue weighted by Gasteiger charge is -2.36. The zero-order valence-electron chi connectivity index (χ0n) is 15.5. The molecule has 0 bridgehead atoms. The molecule has 1 aliphatic carbocycles. The molecule has 3 N–H and O–H groups in total. The van der Waals surface area contributed by atoms with Crippen LogP contribution in [0.4, 0.5) is 11.4 Å². The van der Waals surface area contributed by atoms with E-state index in [1.807, 2.05) is 18.4 Å². The lowest BCUT2D eigenvalue weighted by Crippen LogP contribution is -2.47. The van der Waals surface area contributed by atoms with Crippen molar-refractivity contribution in [1.29, 1.82) is 0 Å². The monoisotopic (exact) mass is 398 g/mol. The van der Waals surface area contributed by atoms with Gasteiger partial charge in [0, 0.05) is 44.1 Å². The van der Waals surface area contributed by atoms with E-state index in [1.54, 1.807) is 11.8 Å². The smallest absolute Gasteiger partial charge is 0.241 e. The van der Waals surface area contributed by atoms with Gasteiger partial charge in [-0.3, -0.25) is 9.69 Å². The van der Waals surface area contributed by atoms with Crippen molar-refractivity contribution in [3.05, 3.63) is 24.3 Å². The number of thioether (sulfide) groups is 1. The van der Waals surface area contributed by atoms with E-state index in [1.165, 1.54) is 25.1 Å². The SMILES string of the molecule is CSCC[C@H](N)C(=O)Nc1cccc(N2CCN(CC3CC3)CC2)c1.Cl. The third-order valence-corrected chi connectivity index (χ3v) is 5.68. The molecule has 5 nitrogen and oxygen atoms in total. The standard InChI is InChI=1S/C19H30N4OS.ClH/c1-25-12-7-18(20)19(24)21-16-3-2-4-17(13-16)23-10-8-22(9-11-23)14-15-5-6-15;/h2-4,13,15,18H,5-12,14,20H2,1H3,(H,21,24);1H/t18-;/m0./s1. The summed E-state index contributed by atoms with van der Waals surface area (Å²) in [5.74, 6) is 1.76. The number of hydrogen-bond acceptors (Lipinski definition) is 5. The van der Waals surface area contributed by atoms with E-state index >= 15 is 0 Å². The summed E-state index contributed by atoms with van der Waals surface area (Å²) in [6.45, 7) is 5.64. The average molecular weight is 399 g/mol. The molecule has 0 aromatic heterocycles. The first kappa shape index (κ1) is 21.4. The summed E-state index contributed by atoms with van der Waals surface area (Å²) in [4.78, 5) is 17.2. The van der Waals surface area contributed by atoms with Crippen LogP contribution >= 0.6 is 24.2 Å². The Bertz CT molecular complexity index is 576. The van der Waals surface area contributed by atoms with Gasteiger partial charge in [-0.15, -0.1) is 12.4 Å². The fraction of sp³-hybridized carbons (Fsp3) is 0.632. The van der Waals surface area contributed by atoms with Gasteiger partial charge in [0.05, 0.1) is 6.04 Å². The maximum absolute atomic E-state index is 12.2. The van der Waals surface area contributed by atoms with Gasteiger partial charge in [0.25, 0.3) is 0 Å². The van der Waals surface area contributed by atoms with Gasteiger partial charge >= 0.3 is 0 Å². The molecule has 3 rings (SSSR count). The van der Waals surface area contributed by atoms with Gasteiger partial charge < -0.3 is 16.0 Å². The zero-order valence-corrected chi connectivity index (χ0v) is 17.2. The van der Waals surface area contributed by atoms with Crippen molar-refractivity contribution >= 4 is 41.5 Å². The molecule has 1 aliphatic heterocycles. The molecule has 1 atom stereocenters. The largest absolute Gasteiger partial charge is 0.369 e. The van der Waals surface area contributed by atoms with Crippen LogP contribution < -0.4 is 16.0 Å². The van der Waals surface area contributed by atoms with Gasteiger partial charge in [-0.1, -0.05) is 6.07 Å². The number of carbonyl (C=O) groups is 1. The topological polar surface area (TPSA) is 61.6 Å². The molecule has 1 aromatic carbocycles. The van der Waals surface area contributed by atoms with E-state index in [2.05, 4.69) is 27.2 Å². The second-order valence-corrected chi connectivity index (χ2v) is 8.14. The average Bonchev–Trinajstić information content (AvgIpc) is 3.44. The summed E-state index contributed by atoms with van der Waals surface area (Å²) in [6.07, 6.45) is 5.57. The van der Waals surface area contributed by atoms with Crippen molar-refractivity contribution in [3.8, 4) is 0 Å². The van der Waals surface area contributed by atoms with Crippen LogP contribution in [-0.2, 0) is 4.79 Å². The van der Waals surface area contributed by atoms with Crippen LogP contribution in [0.25, 0.3) is 0 Å². The highest BCUT2D eigenvalue weighted by Gasteiger charge is 2.26. The van der Waals surface area contributed by atoms with E-state index < -0.39 is 6.04 Å². The highest BCUT2D eigenvalue weighted by Crippen LogP contribution is 2.30. The van der Waals surface area contributed by atoms with Crippen molar-refractivity contribution < 1.29 is 4.79 Å². The van der Waals surface area contributed by atoms with Crippen LogP contribution in [0.5, 0.6) is 0 Å². The van der Waals surface area contributed by atoms with Crippen molar-refractivity contribution in [2.24, 2.45) is 11.7 Å². The number of benzene rings is 1. The Hall–Kier alpha value is -0.950. The number of nitrogens with one attached hydrogen (secondary N) is 1. The second-order valence-electron chi connectivity index (χ2n) is 7.16. The van der Waals surface area contributed by atoms with Crippen LogP contribution in [0.1, 0.15) is 19.3 Å². The highest BCUT2D eigenvalue weighted by molar-refractivity contribution is 7.98. The summed E-state index contributed by atoms with van der Waals surface area (Å²) in [7, 11) is 0. The lowest BCUT2D eigenvalue weighted by molar-refractivity contribution is -0.117. The molecule has 146 valence electrons. The first-order valence-electron chi connectivity index (χ1n) is 9.28. The van der Waals surface area contributed by atoms with Crippen LogP contribution in [0.3, 0.4) is 0 Å². The molecule has 1 saturated carbocycles. The summed E-state index contributed by atoms with van der Waals surface area (Å²) in [5.41, 5.74) is 7.97. The minimum atomic E-state index is -0.443. The van der Waals surface area contributed by atoms with E-state index in [0.717, 1.165) is 43.5 Å². The third-order valence-electron chi connectivity index (χ3n) is 5.03. The molecule has 1 aromatic rings. The van der Waals surface area contributed by atoms with Crippen molar-refractivity contribution in [2.75, 3.05) is 54.9 Å². The molecule has 1 heterocycles. The number of nitrogens with zero attached hydrogens (tertiary/aromatic N) is 2. The third kappa shape index (κ3) is 6.34. The van der Waals surface area contributed by atoms with E-state index in [0.29, 0.717) is 6.42 Å². The molecule has 1 saturated heterocycles. The van der Waals surface area contributed by atoms with Crippen LogP contribution in [0, 0.1) is 5.92 Å². The summed E-state index contributed by atoms with van der Waals surface area (Å²) >= 11 is 1.71. The molecule has 0 radical (unpaired) electrons.